The van der Waals surface area contributed by atoms with Crippen LogP contribution in [0, 0.1) is 0 Å². The first kappa shape index (κ1) is 65.2. The summed E-state index contributed by atoms with van der Waals surface area (Å²) in [5.41, 5.74) is 0. The molecule has 0 aromatic heterocycles. The Balaban J connectivity index is 5.38. The molecule has 0 rings (SSSR count). The van der Waals surface area contributed by atoms with Gasteiger partial charge in [-0.05, 0) is 57.4 Å². The minimum Gasteiger partial charge on any atom is -0.756 e. The van der Waals surface area contributed by atoms with Gasteiger partial charge in [-0.2, -0.15) is 0 Å². The van der Waals surface area contributed by atoms with Crippen LogP contribution in [0.1, 0.15) is 265 Å². The molecule has 0 bridgehead atoms. The number of unbranched alkanes of at least 4 members (excludes halogenated alkanes) is 31. The van der Waals surface area contributed by atoms with Crippen molar-refractivity contribution in [2.75, 3.05) is 40.9 Å². The Morgan fingerprint density at radius 2 is 0.955 bits per heavy atom. The number of quaternary nitrogens is 1. The number of hydrogen-bond acceptors (Lipinski definition) is 7. The Hall–Kier alpha value is -1.77. The van der Waals surface area contributed by atoms with E-state index in [0.717, 1.165) is 83.5 Å². The number of nitrogens with zero attached hydrogens (tertiary/aromatic N) is 1. The first-order valence-corrected chi connectivity index (χ1v) is 29.8. The standard InChI is InChI=1S/C57H109N2O7P/c1-7-10-13-16-19-22-25-28-31-34-37-40-43-46-49-56(60)58-54(53-65-67(62,63)64-52-51-59(4,5)6)55(48-45-42-39-36-33-30-27-24-21-18-15-12-9-3)66-57(61)50-47-44-41-38-35-32-29-26-23-20-17-14-11-8-2/h11,14,20,23,45,48,54-55H,7-10,12-13,15-19,21-22,24-44,46-47,49-53H2,1-6H3,(H-,58,60,62,63)/b14-11+,23-20+,48-45+. The molecule has 0 fully saturated rings. The van der Waals surface area contributed by atoms with E-state index >= 15 is 0 Å². The van der Waals surface area contributed by atoms with Crippen molar-refractivity contribution in [3.63, 3.8) is 0 Å². The lowest BCUT2D eigenvalue weighted by molar-refractivity contribution is -0.870. The average Bonchev–Trinajstić information content (AvgIpc) is 3.28. The number of allylic oxidation sites excluding steroid dienone is 5. The maximum atomic E-state index is 13.5. The van der Waals surface area contributed by atoms with Crippen molar-refractivity contribution in [3.05, 3.63) is 36.5 Å². The lowest BCUT2D eigenvalue weighted by Crippen LogP contribution is -2.47. The van der Waals surface area contributed by atoms with E-state index in [1.807, 2.05) is 33.3 Å². The number of phosphoric ester groups is 1. The number of esters is 1. The summed E-state index contributed by atoms with van der Waals surface area (Å²) in [5.74, 6) is -0.542. The Kier molecular flexibility index (Phi) is 46.6. The summed E-state index contributed by atoms with van der Waals surface area (Å²) in [6.45, 7) is 6.75. The second-order valence-electron chi connectivity index (χ2n) is 20.4. The van der Waals surface area contributed by atoms with Crippen molar-refractivity contribution in [3.8, 4) is 0 Å². The smallest absolute Gasteiger partial charge is 0.306 e. The molecule has 0 aromatic carbocycles. The van der Waals surface area contributed by atoms with Crippen molar-refractivity contribution < 1.29 is 37.3 Å². The minimum atomic E-state index is -4.69. The SMILES string of the molecule is CC/C=C/C/C=C/CCCCCCCCCC(=O)OC(/C=C/CCCCCCCCCCCCC)C(COP(=O)([O-])OCC[N+](C)(C)C)NC(=O)CCCCCCCCCCCCCCCC. The molecule has 0 saturated heterocycles. The summed E-state index contributed by atoms with van der Waals surface area (Å²) < 4.78 is 30.2. The van der Waals surface area contributed by atoms with E-state index in [4.69, 9.17) is 13.8 Å². The van der Waals surface area contributed by atoms with Crippen LogP contribution in [0.4, 0.5) is 0 Å². The third-order valence-corrected chi connectivity index (χ3v) is 13.5. The van der Waals surface area contributed by atoms with E-state index in [0.29, 0.717) is 17.4 Å². The monoisotopic (exact) mass is 965 g/mol. The molecule has 3 atom stereocenters. The molecule has 0 spiro atoms. The zero-order valence-electron chi connectivity index (χ0n) is 44.9. The van der Waals surface area contributed by atoms with E-state index in [1.165, 1.54) is 148 Å². The summed E-state index contributed by atoms with van der Waals surface area (Å²) in [7, 11) is 1.19. The largest absolute Gasteiger partial charge is 0.756 e. The van der Waals surface area contributed by atoms with Crippen LogP contribution >= 0.6 is 7.82 Å². The minimum absolute atomic E-state index is 0.0216. The van der Waals surface area contributed by atoms with Gasteiger partial charge in [0.2, 0.25) is 5.91 Å². The van der Waals surface area contributed by atoms with Crippen LogP contribution in [0.15, 0.2) is 36.5 Å². The van der Waals surface area contributed by atoms with Gasteiger partial charge in [-0.15, -0.1) is 0 Å². The Morgan fingerprint density at radius 1 is 0.537 bits per heavy atom. The highest BCUT2D eigenvalue weighted by Gasteiger charge is 2.27. The molecule has 1 amide bonds. The fourth-order valence-electron chi connectivity index (χ4n) is 8.21. The summed E-state index contributed by atoms with van der Waals surface area (Å²) >= 11 is 0. The molecule has 394 valence electrons. The molecule has 0 aliphatic rings. The third-order valence-electron chi connectivity index (χ3n) is 12.6. The Labute approximate surface area is 415 Å². The molecule has 9 nitrogen and oxygen atoms in total. The molecular formula is C57H109N2O7P. The molecular weight excluding hydrogens is 856 g/mol. The lowest BCUT2D eigenvalue weighted by Gasteiger charge is -2.30. The number of amides is 1. The van der Waals surface area contributed by atoms with Gasteiger partial charge >= 0.3 is 5.97 Å². The van der Waals surface area contributed by atoms with Gasteiger partial charge in [0.1, 0.15) is 19.3 Å². The van der Waals surface area contributed by atoms with E-state index < -0.39 is 20.0 Å². The summed E-state index contributed by atoms with van der Waals surface area (Å²) in [5, 5.41) is 3.02. The van der Waals surface area contributed by atoms with Crippen molar-refractivity contribution >= 4 is 19.7 Å². The van der Waals surface area contributed by atoms with Gasteiger partial charge in [-0.25, -0.2) is 0 Å². The molecule has 0 radical (unpaired) electrons. The second-order valence-corrected chi connectivity index (χ2v) is 21.8. The fourth-order valence-corrected chi connectivity index (χ4v) is 8.93. The average molecular weight is 965 g/mol. The molecule has 3 unspecified atom stereocenters. The van der Waals surface area contributed by atoms with Gasteiger partial charge in [0, 0.05) is 12.8 Å². The first-order chi connectivity index (χ1) is 32.4. The van der Waals surface area contributed by atoms with Crippen LogP contribution in [0.3, 0.4) is 0 Å². The molecule has 0 aliphatic heterocycles. The van der Waals surface area contributed by atoms with E-state index in [-0.39, 0.29) is 31.5 Å². The lowest BCUT2D eigenvalue weighted by atomic mass is 10.0. The number of nitrogens with one attached hydrogen (secondary N) is 1. The van der Waals surface area contributed by atoms with Crippen molar-refractivity contribution in [2.24, 2.45) is 0 Å². The first-order valence-electron chi connectivity index (χ1n) is 28.3. The predicted molar refractivity (Wildman–Crippen MR) is 284 cm³/mol. The molecule has 10 heteroatoms. The Morgan fingerprint density at radius 3 is 1.42 bits per heavy atom. The molecule has 0 aliphatic carbocycles. The topological polar surface area (TPSA) is 114 Å². The van der Waals surface area contributed by atoms with Crippen molar-refractivity contribution in [1.82, 2.24) is 5.32 Å². The summed E-state index contributed by atoms with van der Waals surface area (Å²) in [6, 6.07) is -0.886. The van der Waals surface area contributed by atoms with Crippen LogP contribution in [0.5, 0.6) is 0 Å². The van der Waals surface area contributed by atoms with Gasteiger partial charge in [-0.3, -0.25) is 14.2 Å². The number of carbonyl (C=O) groups excluding carboxylic acids is 2. The van der Waals surface area contributed by atoms with E-state index in [9.17, 15) is 19.0 Å². The maximum Gasteiger partial charge on any atom is 0.306 e. The number of ether oxygens (including phenoxy) is 1. The second kappa shape index (κ2) is 47.9. The third kappa shape index (κ3) is 49.0. The zero-order chi connectivity index (χ0) is 49.4. The van der Waals surface area contributed by atoms with Crippen LogP contribution in [-0.2, 0) is 27.9 Å². The normalized spacial score (nSPS) is 14.1. The van der Waals surface area contributed by atoms with E-state index in [1.54, 1.807) is 0 Å². The number of hydrogen-bond donors (Lipinski definition) is 1. The molecule has 0 aromatic rings. The van der Waals surface area contributed by atoms with Crippen molar-refractivity contribution in [1.29, 1.82) is 0 Å². The quantitative estimate of drug-likeness (QED) is 0.0212. The number of carbonyl (C=O) groups is 2. The van der Waals surface area contributed by atoms with Crippen LogP contribution < -0.4 is 10.2 Å². The molecule has 0 saturated carbocycles. The van der Waals surface area contributed by atoms with E-state index in [2.05, 4.69) is 50.4 Å². The van der Waals surface area contributed by atoms with Gasteiger partial charge in [-0.1, -0.05) is 231 Å². The number of likely N-dealkylation sites (N-methyl/N-ethyl adjacent to an activating group) is 1. The highest BCUT2D eigenvalue weighted by molar-refractivity contribution is 7.45. The molecule has 1 N–H and O–H groups in total. The van der Waals surface area contributed by atoms with Gasteiger partial charge in [0.05, 0.1) is 33.8 Å². The van der Waals surface area contributed by atoms with Crippen molar-refractivity contribution in [2.45, 2.75) is 277 Å². The summed E-state index contributed by atoms with van der Waals surface area (Å²) in [6.07, 6.45) is 55.3. The number of phosphoric acid groups is 1. The van der Waals surface area contributed by atoms with Gasteiger partial charge in [0.15, 0.2) is 0 Å². The van der Waals surface area contributed by atoms with Crippen LogP contribution in [-0.4, -0.2) is 69.4 Å². The predicted octanol–water partition coefficient (Wildman–Crippen LogP) is 16.1. The zero-order valence-corrected chi connectivity index (χ0v) is 45.8. The fraction of sp³-hybridized carbons (Fsp3) is 0.860. The maximum absolute atomic E-state index is 13.5. The molecule has 67 heavy (non-hydrogen) atoms. The van der Waals surface area contributed by atoms with Gasteiger partial charge in [0.25, 0.3) is 7.82 Å². The Bertz CT molecular complexity index is 1250. The molecule has 0 heterocycles. The number of rotatable bonds is 51. The van der Waals surface area contributed by atoms with Crippen LogP contribution in [0.2, 0.25) is 0 Å². The highest BCUT2D eigenvalue weighted by Crippen LogP contribution is 2.38. The summed E-state index contributed by atoms with van der Waals surface area (Å²) in [4.78, 5) is 39.8. The van der Waals surface area contributed by atoms with Gasteiger partial charge < -0.3 is 28.5 Å². The van der Waals surface area contributed by atoms with Crippen LogP contribution in [0.25, 0.3) is 0 Å². The highest BCUT2D eigenvalue weighted by atomic mass is 31.2.